The largest absolute Gasteiger partial charge is 0.456 e. The lowest BCUT2D eigenvalue weighted by atomic mass is 9.82. The Hall–Kier alpha value is -7.05. The molecule has 7 aromatic carbocycles. The summed E-state index contributed by atoms with van der Waals surface area (Å²) < 4.78 is 19.5. The van der Waals surface area contributed by atoms with Gasteiger partial charge in [0.25, 0.3) is 0 Å². The van der Waals surface area contributed by atoms with Crippen molar-refractivity contribution in [1.29, 1.82) is 0 Å². The first kappa shape index (κ1) is 30.6. The van der Waals surface area contributed by atoms with E-state index in [2.05, 4.69) is 92.7 Å². The maximum atomic E-state index is 6.71. The lowest BCUT2D eigenvalue weighted by Gasteiger charge is -2.26. The smallest absolute Gasteiger partial charge is 0.177 e. The van der Waals surface area contributed by atoms with Crippen LogP contribution in [0.3, 0.4) is 0 Å². The monoisotopic (exact) mass is 697 g/mol. The Morgan fingerprint density at radius 3 is 1.87 bits per heavy atom. The summed E-state index contributed by atoms with van der Waals surface area (Å²) in [6.45, 7) is 4.54. The van der Waals surface area contributed by atoms with Crippen LogP contribution < -0.4 is 9.47 Å². The van der Waals surface area contributed by atoms with Crippen LogP contribution in [0.25, 0.3) is 78.4 Å². The van der Waals surface area contributed by atoms with Crippen LogP contribution >= 0.6 is 0 Å². The van der Waals surface area contributed by atoms with Crippen LogP contribution in [0.4, 0.5) is 0 Å². The third kappa shape index (κ3) is 4.70. The Morgan fingerprint density at radius 1 is 0.407 bits per heavy atom. The number of para-hydroxylation sites is 2. The maximum Gasteiger partial charge on any atom is 0.177 e. The van der Waals surface area contributed by atoms with Crippen LogP contribution in [0.5, 0.6) is 23.0 Å². The molecule has 11 rings (SSSR count). The van der Waals surface area contributed by atoms with Crippen LogP contribution in [-0.4, -0.2) is 15.0 Å². The highest BCUT2D eigenvalue weighted by atomic mass is 16.6. The first-order valence-corrected chi connectivity index (χ1v) is 18.1. The summed E-state index contributed by atoms with van der Waals surface area (Å²) in [5.74, 6) is 4.58. The molecule has 0 saturated carbocycles. The number of benzene rings is 7. The van der Waals surface area contributed by atoms with Gasteiger partial charge in [-0.1, -0.05) is 129 Å². The predicted molar refractivity (Wildman–Crippen MR) is 213 cm³/mol. The van der Waals surface area contributed by atoms with Gasteiger partial charge < -0.3 is 13.9 Å². The van der Waals surface area contributed by atoms with Crippen molar-refractivity contribution in [1.82, 2.24) is 15.0 Å². The highest BCUT2D eigenvalue weighted by Gasteiger charge is 2.37. The van der Waals surface area contributed by atoms with E-state index in [1.807, 2.05) is 72.8 Å². The second-order valence-corrected chi connectivity index (χ2v) is 14.4. The van der Waals surface area contributed by atoms with E-state index in [1.165, 1.54) is 22.3 Å². The molecule has 54 heavy (non-hydrogen) atoms. The van der Waals surface area contributed by atoms with Crippen molar-refractivity contribution in [2.24, 2.45) is 0 Å². The lowest BCUT2D eigenvalue weighted by molar-refractivity contribution is 0.360. The molecule has 0 amide bonds. The Labute approximate surface area is 311 Å². The van der Waals surface area contributed by atoms with Crippen molar-refractivity contribution in [3.63, 3.8) is 0 Å². The van der Waals surface area contributed by atoms with Gasteiger partial charge in [0, 0.05) is 38.4 Å². The highest BCUT2D eigenvalue weighted by Crippen LogP contribution is 2.56. The van der Waals surface area contributed by atoms with Crippen LogP contribution in [-0.2, 0) is 5.41 Å². The van der Waals surface area contributed by atoms with Gasteiger partial charge in [0.15, 0.2) is 40.5 Å². The molecule has 0 N–H and O–H groups in total. The zero-order valence-electron chi connectivity index (χ0n) is 29.5. The van der Waals surface area contributed by atoms with E-state index >= 15 is 0 Å². The molecule has 0 saturated heterocycles. The molecular formula is C48H31N3O3. The fourth-order valence-corrected chi connectivity index (χ4v) is 8.04. The summed E-state index contributed by atoms with van der Waals surface area (Å²) in [6, 6.07) is 51.4. The van der Waals surface area contributed by atoms with E-state index in [9.17, 15) is 0 Å². The number of hydrogen-bond acceptors (Lipinski definition) is 6. The summed E-state index contributed by atoms with van der Waals surface area (Å²) in [7, 11) is 0. The van der Waals surface area contributed by atoms with Crippen molar-refractivity contribution < 1.29 is 13.9 Å². The predicted octanol–water partition coefficient (Wildman–Crippen LogP) is 12.6. The number of aromatic nitrogens is 3. The SMILES string of the molecule is CC1(C)c2ccccc2-c2cc3c(cc21)Oc1c(cccc1-c1ccc(-c2nc(-c4ccccc4)nc(-c4ccc5c(c4)oc4ccccc45)n2)cc1)O3. The fraction of sp³-hybridized carbons (Fsp3) is 0.0625. The molecule has 0 spiro atoms. The van der Waals surface area contributed by atoms with Crippen LogP contribution in [0.2, 0.25) is 0 Å². The zero-order valence-corrected chi connectivity index (χ0v) is 29.5. The summed E-state index contributed by atoms with van der Waals surface area (Å²) in [6.07, 6.45) is 0. The number of ether oxygens (including phenoxy) is 2. The van der Waals surface area contributed by atoms with Gasteiger partial charge in [-0.3, -0.25) is 0 Å². The van der Waals surface area contributed by atoms with Gasteiger partial charge in [-0.25, -0.2) is 15.0 Å². The van der Waals surface area contributed by atoms with Crippen molar-refractivity contribution >= 4 is 21.9 Å². The van der Waals surface area contributed by atoms with E-state index in [1.54, 1.807) is 0 Å². The summed E-state index contributed by atoms with van der Waals surface area (Å²) in [5, 5.41) is 2.14. The number of hydrogen-bond donors (Lipinski definition) is 0. The highest BCUT2D eigenvalue weighted by molar-refractivity contribution is 6.05. The number of furan rings is 1. The van der Waals surface area contributed by atoms with E-state index in [0.29, 0.717) is 29.0 Å². The van der Waals surface area contributed by atoms with Gasteiger partial charge in [-0.2, -0.15) is 0 Å². The summed E-state index contributed by atoms with van der Waals surface area (Å²) in [4.78, 5) is 14.9. The molecule has 256 valence electrons. The molecule has 1 aliphatic carbocycles. The Balaban J connectivity index is 0.961. The Kier molecular flexibility index (Phi) is 6.49. The topological polar surface area (TPSA) is 70.3 Å². The lowest BCUT2D eigenvalue weighted by Crippen LogP contribution is -2.15. The van der Waals surface area contributed by atoms with Crippen LogP contribution in [0.1, 0.15) is 25.0 Å². The second kappa shape index (κ2) is 11.5. The molecule has 3 heterocycles. The summed E-state index contributed by atoms with van der Waals surface area (Å²) in [5.41, 5.74) is 11.1. The van der Waals surface area contributed by atoms with Gasteiger partial charge >= 0.3 is 0 Å². The quantitative estimate of drug-likeness (QED) is 0.182. The minimum absolute atomic E-state index is 0.143. The molecule has 0 fully saturated rings. The normalized spacial score (nSPS) is 13.4. The molecule has 0 atom stereocenters. The average molecular weight is 698 g/mol. The molecule has 0 radical (unpaired) electrons. The Bertz CT molecular complexity index is 2970. The first-order chi connectivity index (χ1) is 26.5. The number of rotatable bonds is 4. The number of nitrogens with zero attached hydrogens (tertiary/aromatic N) is 3. The van der Waals surface area contributed by atoms with Crippen molar-refractivity contribution in [3.8, 4) is 79.4 Å². The van der Waals surface area contributed by atoms with Gasteiger partial charge in [0.05, 0.1) is 0 Å². The van der Waals surface area contributed by atoms with Crippen LogP contribution in [0.15, 0.2) is 156 Å². The molecule has 0 unspecified atom stereocenters. The molecule has 6 heteroatoms. The zero-order chi connectivity index (χ0) is 36.0. The molecule has 6 nitrogen and oxygen atoms in total. The van der Waals surface area contributed by atoms with Crippen molar-refractivity contribution in [3.05, 3.63) is 163 Å². The first-order valence-electron chi connectivity index (χ1n) is 18.1. The van der Waals surface area contributed by atoms with Crippen LogP contribution in [0, 0.1) is 0 Å². The molecular weight excluding hydrogens is 667 g/mol. The third-order valence-electron chi connectivity index (χ3n) is 10.8. The summed E-state index contributed by atoms with van der Waals surface area (Å²) >= 11 is 0. The molecule has 9 aromatic rings. The van der Waals surface area contributed by atoms with Gasteiger partial charge in [0.1, 0.15) is 11.2 Å². The second-order valence-electron chi connectivity index (χ2n) is 14.4. The minimum Gasteiger partial charge on any atom is -0.456 e. The molecule has 2 aliphatic rings. The molecule has 1 aliphatic heterocycles. The molecule has 2 aromatic heterocycles. The fourth-order valence-electron chi connectivity index (χ4n) is 8.04. The van der Waals surface area contributed by atoms with Gasteiger partial charge in [-0.05, 0) is 64.2 Å². The van der Waals surface area contributed by atoms with Gasteiger partial charge in [-0.15, -0.1) is 0 Å². The maximum absolute atomic E-state index is 6.71. The minimum atomic E-state index is -0.143. The van der Waals surface area contributed by atoms with E-state index < -0.39 is 0 Å². The van der Waals surface area contributed by atoms with E-state index in [-0.39, 0.29) is 5.41 Å². The van der Waals surface area contributed by atoms with Gasteiger partial charge in [0.2, 0.25) is 0 Å². The molecule has 0 bridgehead atoms. The third-order valence-corrected chi connectivity index (χ3v) is 10.8. The Morgan fingerprint density at radius 2 is 1.04 bits per heavy atom. The standard InChI is InChI=1S/C48H31N3O3/c1-48(2)37-16-8-6-13-33(37)36-26-42-43(27-38(36)48)54-44-32(15-10-18-40(44)53-42)28-19-21-30(22-20-28)46-49-45(29-11-4-3-5-12-29)50-47(51-46)31-23-24-35-34-14-7-9-17-39(34)52-41(35)25-31/h3-27H,1-2H3. The number of fused-ring (bicyclic) bond motifs is 8. The average Bonchev–Trinajstić information content (AvgIpc) is 3.70. The van der Waals surface area contributed by atoms with Crippen molar-refractivity contribution in [2.45, 2.75) is 19.3 Å². The van der Waals surface area contributed by atoms with E-state index in [4.69, 9.17) is 28.8 Å². The van der Waals surface area contributed by atoms with Crippen molar-refractivity contribution in [2.75, 3.05) is 0 Å². The van der Waals surface area contributed by atoms with E-state index in [0.717, 1.165) is 61.3 Å².